The van der Waals surface area contributed by atoms with Gasteiger partial charge in [0.15, 0.2) is 0 Å². The molecule has 2 fully saturated rings. The summed E-state index contributed by atoms with van der Waals surface area (Å²) in [7, 11) is 1.65. The van der Waals surface area contributed by atoms with E-state index < -0.39 is 12.1 Å². The van der Waals surface area contributed by atoms with Gasteiger partial charge in [-0.25, -0.2) is 4.79 Å². The summed E-state index contributed by atoms with van der Waals surface area (Å²) in [4.78, 5) is 11.1. The van der Waals surface area contributed by atoms with E-state index in [4.69, 9.17) is 19.1 Å². The Kier molecular flexibility index (Phi) is 5.73. The van der Waals surface area contributed by atoms with Crippen LogP contribution in [0.3, 0.4) is 0 Å². The monoisotopic (exact) mass is 400 g/mol. The number of anilines is 1. The lowest BCUT2D eigenvalue weighted by molar-refractivity contribution is -0.192. The van der Waals surface area contributed by atoms with Gasteiger partial charge in [0.2, 0.25) is 5.89 Å². The molecule has 0 amide bonds. The van der Waals surface area contributed by atoms with Crippen LogP contribution in [0.4, 0.5) is 19.2 Å². The minimum absolute atomic E-state index is 0.558. The number of carboxylic acids is 1. The SMILES string of the molecule is COc1ccc(-c2nnc(N3CC4CNCC4C3)o2)cc1.O=C(O)C(F)(F)F. The van der Waals surface area contributed by atoms with Gasteiger partial charge in [0.1, 0.15) is 5.75 Å². The molecule has 2 aliphatic heterocycles. The summed E-state index contributed by atoms with van der Waals surface area (Å²) in [6.07, 6.45) is -5.08. The molecule has 2 N–H and O–H groups in total. The van der Waals surface area contributed by atoms with Crippen LogP contribution in [0.5, 0.6) is 5.75 Å². The van der Waals surface area contributed by atoms with Crippen molar-refractivity contribution in [3.05, 3.63) is 24.3 Å². The number of alkyl halides is 3. The number of rotatable bonds is 3. The molecule has 11 heteroatoms. The lowest BCUT2D eigenvalue weighted by Crippen LogP contribution is -2.25. The molecule has 152 valence electrons. The first kappa shape index (κ1) is 19.9. The molecule has 28 heavy (non-hydrogen) atoms. The molecule has 2 aromatic rings. The molecule has 2 saturated heterocycles. The Balaban J connectivity index is 0.000000279. The third kappa shape index (κ3) is 4.53. The van der Waals surface area contributed by atoms with Crippen LogP contribution in [-0.2, 0) is 4.79 Å². The molecule has 2 aliphatic rings. The second kappa shape index (κ2) is 8.05. The summed E-state index contributed by atoms with van der Waals surface area (Å²) in [6.45, 7) is 4.20. The normalized spacial score (nSPS) is 21.1. The summed E-state index contributed by atoms with van der Waals surface area (Å²) in [5.74, 6) is 0.0383. The van der Waals surface area contributed by atoms with E-state index in [0.29, 0.717) is 23.7 Å². The first-order chi connectivity index (χ1) is 13.3. The van der Waals surface area contributed by atoms with Crippen LogP contribution in [0.1, 0.15) is 0 Å². The van der Waals surface area contributed by atoms with Gasteiger partial charge in [-0.2, -0.15) is 13.2 Å². The Morgan fingerprint density at radius 3 is 2.29 bits per heavy atom. The van der Waals surface area contributed by atoms with Crippen molar-refractivity contribution in [1.82, 2.24) is 15.5 Å². The van der Waals surface area contributed by atoms with E-state index in [2.05, 4.69) is 20.4 Å². The van der Waals surface area contributed by atoms with Crippen molar-refractivity contribution in [1.29, 1.82) is 0 Å². The van der Waals surface area contributed by atoms with Crippen molar-refractivity contribution < 1.29 is 32.2 Å². The lowest BCUT2D eigenvalue weighted by atomic mass is 10.0. The third-order valence-electron chi connectivity index (χ3n) is 4.65. The molecule has 2 atom stereocenters. The number of nitrogens with one attached hydrogen (secondary N) is 1. The fourth-order valence-corrected chi connectivity index (χ4v) is 3.21. The number of halogens is 3. The zero-order chi connectivity index (χ0) is 20.3. The average molecular weight is 400 g/mol. The largest absolute Gasteiger partial charge is 0.497 e. The fourth-order valence-electron chi connectivity index (χ4n) is 3.21. The van der Waals surface area contributed by atoms with Gasteiger partial charge in [0.05, 0.1) is 7.11 Å². The number of benzene rings is 1. The zero-order valence-corrected chi connectivity index (χ0v) is 14.9. The number of hydrogen-bond donors (Lipinski definition) is 2. The van der Waals surface area contributed by atoms with E-state index in [1.807, 2.05) is 24.3 Å². The first-order valence-corrected chi connectivity index (χ1v) is 8.51. The molecule has 1 aromatic carbocycles. The summed E-state index contributed by atoms with van der Waals surface area (Å²) < 4.78 is 42.7. The van der Waals surface area contributed by atoms with Crippen LogP contribution in [0.15, 0.2) is 28.7 Å². The highest BCUT2D eigenvalue weighted by molar-refractivity contribution is 5.73. The fraction of sp³-hybridized carbons (Fsp3) is 0.471. The van der Waals surface area contributed by atoms with Gasteiger partial charge in [-0.3, -0.25) is 0 Å². The zero-order valence-electron chi connectivity index (χ0n) is 14.9. The molecule has 0 saturated carbocycles. The number of ether oxygens (including phenoxy) is 1. The number of carbonyl (C=O) groups is 1. The van der Waals surface area contributed by atoms with E-state index in [0.717, 1.165) is 37.5 Å². The number of carboxylic acid groups (broad SMARTS) is 1. The molecule has 4 rings (SSSR count). The number of aromatic nitrogens is 2. The number of aliphatic carboxylic acids is 1. The number of nitrogens with zero attached hydrogens (tertiary/aromatic N) is 3. The highest BCUT2D eigenvalue weighted by Gasteiger charge is 2.38. The number of fused-ring (bicyclic) bond motifs is 1. The lowest BCUT2D eigenvalue weighted by Gasteiger charge is -2.13. The second-order valence-corrected chi connectivity index (χ2v) is 6.50. The Bertz CT molecular complexity index is 797. The van der Waals surface area contributed by atoms with Crippen molar-refractivity contribution in [3.8, 4) is 17.2 Å². The van der Waals surface area contributed by atoms with Gasteiger partial charge in [-0.1, -0.05) is 5.10 Å². The van der Waals surface area contributed by atoms with Crippen LogP contribution in [0, 0.1) is 11.8 Å². The van der Waals surface area contributed by atoms with Gasteiger partial charge >= 0.3 is 18.2 Å². The Labute approximate surface area is 158 Å². The highest BCUT2D eigenvalue weighted by atomic mass is 19.4. The average Bonchev–Trinajstić information content (AvgIpc) is 3.37. The number of methoxy groups -OCH3 is 1. The van der Waals surface area contributed by atoms with Crippen molar-refractivity contribution in [3.63, 3.8) is 0 Å². The summed E-state index contributed by atoms with van der Waals surface area (Å²) >= 11 is 0. The van der Waals surface area contributed by atoms with Crippen molar-refractivity contribution in [2.75, 3.05) is 38.2 Å². The van der Waals surface area contributed by atoms with Crippen molar-refractivity contribution >= 4 is 12.0 Å². The Morgan fingerprint density at radius 1 is 1.21 bits per heavy atom. The van der Waals surface area contributed by atoms with Crippen LogP contribution in [-0.4, -0.2) is 60.7 Å². The topological polar surface area (TPSA) is 101 Å². The van der Waals surface area contributed by atoms with E-state index >= 15 is 0 Å². The molecule has 2 unspecified atom stereocenters. The first-order valence-electron chi connectivity index (χ1n) is 8.51. The molecular weight excluding hydrogens is 381 g/mol. The Hall–Kier alpha value is -2.82. The molecule has 0 radical (unpaired) electrons. The van der Waals surface area contributed by atoms with E-state index in [9.17, 15) is 13.2 Å². The van der Waals surface area contributed by atoms with E-state index in [1.165, 1.54) is 0 Å². The number of hydrogen-bond acceptors (Lipinski definition) is 7. The summed E-state index contributed by atoms with van der Waals surface area (Å²) in [5.41, 5.74) is 0.913. The highest BCUT2D eigenvalue weighted by Crippen LogP contribution is 2.31. The van der Waals surface area contributed by atoms with Crippen molar-refractivity contribution in [2.45, 2.75) is 6.18 Å². The van der Waals surface area contributed by atoms with Crippen LogP contribution in [0.25, 0.3) is 11.5 Å². The summed E-state index contributed by atoms with van der Waals surface area (Å²) in [6, 6.07) is 8.28. The van der Waals surface area contributed by atoms with Crippen LogP contribution >= 0.6 is 0 Å². The third-order valence-corrected chi connectivity index (χ3v) is 4.65. The second-order valence-electron chi connectivity index (χ2n) is 6.50. The van der Waals surface area contributed by atoms with E-state index in [-0.39, 0.29) is 0 Å². The van der Waals surface area contributed by atoms with E-state index in [1.54, 1.807) is 7.11 Å². The quantitative estimate of drug-likeness (QED) is 0.807. The molecule has 1 aromatic heterocycles. The minimum atomic E-state index is -5.08. The Morgan fingerprint density at radius 2 is 1.79 bits per heavy atom. The molecule has 0 bridgehead atoms. The van der Waals surface area contributed by atoms with Crippen LogP contribution in [0.2, 0.25) is 0 Å². The standard InChI is InChI=1S/C15H18N4O2.C2HF3O2/c1-20-13-4-2-10(3-5-13)14-17-18-15(21-14)19-8-11-6-16-7-12(11)9-19;3-2(4,5)1(6)7/h2-5,11-12,16H,6-9H2,1H3;(H,6,7). The predicted octanol–water partition coefficient (Wildman–Crippen LogP) is 2.03. The van der Waals surface area contributed by atoms with Gasteiger partial charge in [-0.05, 0) is 36.1 Å². The van der Waals surface area contributed by atoms with Gasteiger partial charge < -0.3 is 24.5 Å². The minimum Gasteiger partial charge on any atom is -0.497 e. The molecule has 8 nitrogen and oxygen atoms in total. The van der Waals surface area contributed by atoms with Gasteiger partial charge in [0.25, 0.3) is 0 Å². The van der Waals surface area contributed by atoms with Crippen molar-refractivity contribution in [2.24, 2.45) is 11.8 Å². The smallest absolute Gasteiger partial charge is 0.490 e. The molecule has 3 heterocycles. The maximum atomic E-state index is 10.6. The van der Waals surface area contributed by atoms with Gasteiger partial charge in [-0.15, -0.1) is 5.10 Å². The van der Waals surface area contributed by atoms with Gasteiger partial charge in [0, 0.05) is 31.7 Å². The molecule has 0 spiro atoms. The molecule has 0 aliphatic carbocycles. The maximum absolute atomic E-state index is 10.6. The maximum Gasteiger partial charge on any atom is 0.490 e. The predicted molar refractivity (Wildman–Crippen MR) is 92.0 cm³/mol. The summed E-state index contributed by atoms with van der Waals surface area (Å²) in [5, 5.41) is 18.9. The van der Waals surface area contributed by atoms with Crippen LogP contribution < -0.4 is 15.0 Å². The molecular formula is C17H19F3N4O4.